The maximum absolute atomic E-state index is 14.1. The highest BCUT2D eigenvalue weighted by atomic mass is 19.4. The van der Waals surface area contributed by atoms with Gasteiger partial charge in [0.05, 0.1) is 11.5 Å². The molecule has 0 saturated heterocycles. The predicted molar refractivity (Wildman–Crippen MR) is 160 cm³/mol. The quantitative estimate of drug-likeness (QED) is 0.188. The molecule has 49 heavy (non-hydrogen) atoms. The van der Waals surface area contributed by atoms with Crippen molar-refractivity contribution in [1.29, 1.82) is 0 Å². The summed E-state index contributed by atoms with van der Waals surface area (Å²) in [5, 5.41) is 5.30. The van der Waals surface area contributed by atoms with E-state index >= 15 is 0 Å². The van der Waals surface area contributed by atoms with E-state index in [1.54, 1.807) is 29.9 Å². The van der Waals surface area contributed by atoms with Crippen molar-refractivity contribution in [3.05, 3.63) is 76.4 Å². The molecule has 1 aliphatic carbocycles. The molecular formula is C32H32F8N6O3. The molecule has 1 aromatic carbocycles. The number of nitrogens with one attached hydrogen (secondary N) is 2. The van der Waals surface area contributed by atoms with Gasteiger partial charge in [-0.05, 0) is 61.1 Å². The number of nitrogens with zero attached hydrogens (tertiary/aromatic N) is 4. The van der Waals surface area contributed by atoms with Gasteiger partial charge in [-0.15, -0.1) is 0 Å². The number of hydrogen-bond acceptors (Lipinski definition) is 5. The summed E-state index contributed by atoms with van der Waals surface area (Å²) in [5.74, 6) is -3.14. The Morgan fingerprint density at radius 3 is 2.31 bits per heavy atom. The number of carbonyl (C=O) groups is 2. The molecule has 1 saturated carbocycles. The van der Waals surface area contributed by atoms with Crippen LogP contribution >= 0.6 is 0 Å². The van der Waals surface area contributed by atoms with Gasteiger partial charge in [0, 0.05) is 39.3 Å². The zero-order chi connectivity index (χ0) is 35.7. The number of aromatic nitrogens is 4. The molecule has 0 radical (unpaired) electrons. The summed E-state index contributed by atoms with van der Waals surface area (Å²) in [6, 6.07) is 7.30. The molecule has 3 heterocycles. The third kappa shape index (κ3) is 8.31. The number of hydrogen-bond donors (Lipinski definition) is 2. The third-order valence-corrected chi connectivity index (χ3v) is 8.47. The van der Waals surface area contributed by atoms with Crippen LogP contribution in [0.25, 0.3) is 11.2 Å². The number of alkyl halides is 8. The Kier molecular flexibility index (Phi) is 10.2. The minimum absolute atomic E-state index is 0.0287. The van der Waals surface area contributed by atoms with Crippen molar-refractivity contribution < 1.29 is 49.4 Å². The van der Waals surface area contributed by atoms with Gasteiger partial charge < -0.3 is 24.5 Å². The van der Waals surface area contributed by atoms with Crippen LogP contribution in [0.2, 0.25) is 0 Å². The molecule has 0 bridgehead atoms. The van der Waals surface area contributed by atoms with E-state index in [2.05, 4.69) is 20.6 Å². The van der Waals surface area contributed by atoms with Crippen LogP contribution in [0.4, 0.5) is 35.1 Å². The van der Waals surface area contributed by atoms with Crippen molar-refractivity contribution in [2.24, 2.45) is 20.0 Å². The maximum Gasteiger partial charge on any atom is 0.416 e. The highest BCUT2D eigenvalue weighted by Crippen LogP contribution is 2.38. The Balaban J connectivity index is 1.42. The van der Waals surface area contributed by atoms with E-state index in [-0.39, 0.29) is 66.8 Å². The third-order valence-electron chi connectivity index (χ3n) is 8.47. The van der Waals surface area contributed by atoms with Crippen molar-refractivity contribution in [3.63, 3.8) is 0 Å². The first kappa shape index (κ1) is 35.6. The largest absolute Gasteiger partial charge is 0.471 e. The Morgan fingerprint density at radius 2 is 1.69 bits per heavy atom. The number of fused-ring (bicyclic) bond motifs is 1. The lowest BCUT2D eigenvalue weighted by molar-refractivity contribution is -0.182. The normalized spacial score (nSPS) is 17.0. The van der Waals surface area contributed by atoms with Crippen molar-refractivity contribution >= 4 is 23.0 Å². The first-order chi connectivity index (χ1) is 23.0. The lowest BCUT2D eigenvalue weighted by Gasteiger charge is -2.30. The summed E-state index contributed by atoms with van der Waals surface area (Å²) in [6.07, 6.45) is -11.0. The van der Waals surface area contributed by atoms with Crippen molar-refractivity contribution in [3.8, 4) is 5.88 Å². The van der Waals surface area contributed by atoms with E-state index in [1.165, 1.54) is 29.8 Å². The van der Waals surface area contributed by atoms with Crippen LogP contribution in [-0.2, 0) is 33.2 Å². The van der Waals surface area contributed by atoms with E-state index in [0.717, 1.165) is 6.07 Å². The molecule has 264 valence electrons. The topological polar surface area (TPSA) is 103 Å². The fourth-order valence-corrected chi connectivity index (χ4v) is 5.86. The highest BCUT2D eigenvalue weighted by molar-refractivity contribution is 5.99. The summed E-state index contributed by atoms with van der Waals surface area (Å²) < 4.78 is 116. The summed E-state index contributed by atoms with van der Waals surface area (Å²) in [6.45, 7) is -1.19. The Bertz CT molecular complexity index is 1820. The first-order valence-corrected chi connectivity index (χ1v) is 15.2. The second kappa shape index (κ2) is 14.0. The Labute approximate surface area is 274 Å². The summed E-state index contributed by atoms with van der Waals surface area (Å²) >= 11 is 0. The molecule has 3 aromatic heterocycles. The molecule has 0 aliphatic heterocycles. The molecule has 1 fully saturated rings. The second-order valence-electron chi connectivity index (χ2n) is 11.9. The second-order valence-corrected chi connectivity index (χ2v) is 11.9. The standard InChI is InChI=1S/C32H32F8N6O3/c1-45-11-3-4-24(45)29(48)41-15-17-5-10-22(32(38,39)40)18(12-17)13-26-43-23-14-21(30(49-16-25(33)34)44-27(23)46(26)2)28(47)42-20-8-6-19(7-9-20)31(35,36)37/h3-5,10-12,14,19-20,25H,6-9,13,15-16H2,1-2H3,(H,41,48)(H,42,47). The average Bonchev–Trinajstić information content (AvgIpc) is 3.59. The molecule has 2 N–H and O–H groups in total. The SMILES string of the molecule is Cn1cccc1C(=O)NCc1ccc(C(F)(F)F)c(Cc2nc3cc(C(=O)NC4CCC(C(F)(F)F)CC4)c(OCC(F)F)nc3n2C)c1. The minimum Gasteiger partial charge on any atom is -0.471 e. The van der Waals surface area contributed by atoms with Gasteiger partial charge >= 0.3 is 12.4 Å². The lowest BCUT2D eigenvalue weighted by atomic mass is 9.85. The van der Waals surface area contributed by atoms with E-state index in [0.29, 0.717) is 11.3 Å². The molecular weight excluding hydrogens is 668 g/mol. The lowest BCUT2D eigenvalue weighted by Crippen LogP contribution is -2.40. The number of halogens is 8. The first-order valence-electron chi connectivity index (χ1n) is 15.2. The molecule has 1 aliphatic rings. The highest BCUT2D eigenvalue weighted by Gasteiger charge is 2.41. The van der Waals surface area contributed by atoms with Crippen molar-refractivity contribution in [2.45, 2.75) is 63.5 Å². The zero-order valence-electron chi connectivity index (χ0n) is 26.3. The molecule has 9 nitrogen and oxygen atoms in total. The number of carbonyl (C=O) groups excluding carboxylic acids is 2. The number of ether oxygens (including phenoxy) is 1. The van der Waals surface area contributed by atoms with Crippen LogP contribution < -0.4 is 15.4 Å². The minimum atomic E-state index is -4.73. The van der Waals surface area contributed by atoms with Gasteiger partial charge in [0.2, 0.25) is 5.88 Å². The number of benzene rings is 1. The van der Waals surface area contributed by atoms with Gasteiger partial charge in [-0.2, -0.15) is 31.3 Å². The van der Waals surface area contributed by atoms with E-state index < -0.39 is 60.6 Å². The molecule has 17 heteroatoms. The van der Waals surface area contributed by atoms with E-state index in [9.17, 15) is 44.7 Å². The summed E-state index contributed by atoms with van der Waals surface area (Å²) in [4.78, 5) is 34.4. The van der Waals surface area contributed by atoms with Gasteiger partial charge in [0.15, 0.2) is 12.3 Å². The Morgan fingerprint density at radius 1 is 0.980 bits per heavy atom. The van der Waals surface area contributed by atoms with Gasteiger partial charge in [-0.3, -0.25) is 9.59 Å². The predicted octanol–water partition coefficient (Wildman–Crippen LogP) is 6.34. The number of amides is 2. The molecule has 4 aromatic rings. The molecule has 0 atom stereocenters. The van der Waals surface area contributed by atoms with Crippen LogP contribution in [-0.4, -0.2) is 56.2 Å². The van der Waals surface area contributed by atoms with Gasteiger partial charge in [0.25, 0.3) is 18.2 Å². The molecule has 0 spiro atoms. The molecule has 0 unspecified atom stereocenters. The molecule has 5 rings (SSSR count). The monoisotopic (exact) mass is 700 g/mol. The van der Waals surface area contributed by atoms with Crippen LogP contribution in [0.3, 0.4) is 0 Å². The summed E-state index contributed by atoms with van der Waals surface area (Å²) in [5.41, 5.74) is -0.591. The van der Waals surface area contributed by atoms with Crippen molar-refractivity contribution in [1.82, 2.24) is 29.7 Å². The van der Waals surface area contributed by atoms with Crippen LogP contribution in [0, 0.1) is 5.92 Å². The summed E-state index contributed by atoms with van der Waals surface area (Å²) in [7, 11) is 3.12. The smallest absolute Gasteiger partial charge is 0.416 e. The fraction of sp³-hybridized carbons (Fsp3) is 0.438. The van der Waals surface area contributed by atoms with Crippen LogP contribution in [0.1, 0.15) is 69.0 Å². The number of aryl methyl sites for hydroxylation is 2. The van der Waals surface area contributed by atoms with Gasteiger partial charge in [-0.25, -0.2) is 13.8 Å². The van der Waals surface area contributed by atoms with E-state index in [4.69, 9.17) is 4.74 Å². The number of imidazole rings is 1. The zero-order valence-corrected chi connectivity index (χ0v) is 26.3. The number of pyridine rings is 1. The van der Waals surface area contributed by atoms with Crippen LogP contribution in [0.5, 0.6) is 5.88 Å². The maximum atomic E-state index is 14.1. The molecule has 2 amide bonds. The van der Waals surface area contributed by atoms with Crippen LogP contribution in [0.15, 0.2) is 42.6 Å². The van der Waals surface area contributed by atoms with E-state index in [1.807, 2.05) is 0 Å². The van der Waals surface area contributed by atoms with Gasteiger partial charge in [-0.1, -0.05) is 12.1 Å². The fourth-order valence-electron chi connectivity index (χ4n) is 5.86. The van der Waals surface area contributed by atoms with Gasteiger partial charge in [0.1, 0.15) is 22.6 Å². The van der Waals surface area contributed by atoms with Crippen molar-refractivity contribution in [2.75, 3.05) is 6.61 Å². The average molecular weight is 701 g/mol. The Hall–Kier alpha value is -4.70. The number of rotatable bonds is 10.